The minimum atomic E-state index is -0.975. The molecule has 1 atom stereocenters. The summed E-state index contributed by atoms with van der Waals surface area (Å²) in [5.41, 5.74) is 1.17. The van der Waals surface area contributed by atoms with E-state index in [-0.39, 0.29) is 31.4 Å². The molecule has 0 aliphatic carbocycles. The molecule has 8 heteroatoms. The van der Waals surface area contributed by atoms with Gasteiger partial charge in [-0.25, -0.2) is 0 Å². The smallest absolute Gasteiger partial charge is 0.308 e. The van der Waals surface area contributed by atoms with Crippen molar-refractivity contribution >= 4 is 40.8 Å². The first-order valence-electron chi connectivity index (χ1n) is 8.24. The number of carboxylic acid groups (broad SMARTS) is 1. The lowest BCUT2D eigenvalue weighted by atomic mass is 10.1. The zero-order chi connectivity index (χ0) is 19.4. The molecule has 140 valence electrons. The molecule has 1 heterocycles. The fourth-order valence-corrected chi connectivity index (χ4v) is 2.95. The van der Waals surface area contributed by atoms with Crippen LogP contribution in [0.3, 0.4) is 0 Å². The quantitative estimate of drug-likeness (QED) is 0.793. The molecule has 0 spiro atoms. The molecule has 2 aromatic carbocycles. The Hall–Kier alpha value is -3.06. The van der Waals surface area contributed by atoms with Gasteiger partial charge >= 0.3 is 5.97 Å². The van der Waals surface area contributed by atoms with Crippen LogP contribution in [0.2, 0.25) is 5.02 Å². The van der Waals surface area contributed by atoms with Gasteiger partial charge < -0.3 is 20.1 Å². The summed E-state index contributed by atoms with van der Waals surface area (Å²) in [6, 6.07) is 13.4. The lowest BCUT2D eigenvalue weighted by Crippen LogP contribution is -2.25. The molecular formula is C19H17ClN2O5. The Morgan fingerprint density at radius 1 is 1.22 bits per heavy atom. The number of carbonyl (C=O) groups excluding carboxylic acids is 2. The Labute approximate surface area is 160 Å². The van der Waals surface area contributed by atoms with Gasteiger partial charge in [0.15, 0.2) is 6.61 Å². The van der Waals surface area contributed by atoms with Gasteiger partial charge in [0, 0.05) is 29.4 Å². The van der Waals surface area contributed by atoms with Crippen molar-refractivity contribution in [3.63, 3.8) is 0 Å². The minimum Gasteiger partial charge on any atom is -0.484 e. The van der Waals surface area contributed by atoms with Crippen molar-refractivity contribution < 1.29 is 24.2 Å². The van der Waals surface area contributed by atoms with Gasteiger partial charge in [-0.2, -0.15) is 0 Å². The van der Waals surface area contributed by atoms with E-state index in [2.05, 4.69) is 5.32 Å². The normalized spacial score (nSPS) is 16.3. The molecule has 1 unspecified atom stereocenters. The third-order valence-electron chi connectivity index (χ3n) is 4.10. The molecule has 1 saturated heterocycles. The van der Waals surface area contributed by atoms with E-state index in [1.165, 1.54) is 4.90 Å². The summed E-state index contributed by atoms with van der Waals surface area (Å²) in [5, 5.41) is 12.2. The molecule has 3 rings (SSSR count). The largest absolute Gasteiger partial charge is 0.484 e. The first-order chi connectivity index (χ1) is 12.9. The summed E-state index contributed by atoms with van der Waals surface area (Å²) in [6.07, 6.45) is -0.00272. The van der Waals surface area contributed by atoms with Gasteiger partial charge in [-0.15, -0.1) is 0 Å². The van der Waals surface area contributed by atoms with Crippen LogP contribution >= 0.6 is 11.6 Å². The first-order valence-corrected chi connectivity index (χ1v) is 8.61. The number of aliphatic carboxylic acids is 1. The summed E-state index contributed by atoms with van der Waals surface area (Å²) in [7, 11) is 0. The fraction of sp³-hybridized carbons (Fsp3) is 0.211. The van der Waals surface area contributed by atoms with Crippen molar-refractivity contribution in [2.45, 2.75) is 6.42 Å². The Morgan fingerprint density at radius 3 is 2.59 bits per heavy atom. The molecule has 1 aliphatic heterocycles. The van der Waals surface area contributed by atoms with Crippen molar-refractivity contribution in [2.24, 2.45) is 5.92 Å². The van der Waals surface area contributed by atoms with Gasteiger partial charge in [-0.1, -0.05) is 17.7 Å². The monoisotopic (exact) mass is 388 g/mol. The maximum Gasteiger partial charge on any atom is 0.308 e. The number of ether oxygens (including phenoxy) is 1. The van der Waals surface area contributed by atoms with Crippen molar-refractivity contribution in [1.29, 1.82) is 0 Å². The maximum absolute atomic E-state index is 12.0. The zero-order valence-electron chi connectivity index (χ0n) is 14.2. The van der Waals surface area contributed by atoms with E-state index in [4.69, 9.17) is 21.4 Å². The second-order valence-corrected chi connectivity index (χ2v) is 6.52. The predicted molar refractivity (Wildman–Crippen MR) is 100 cm³/mol. The maximum atomic E-state index is 12.0. The number of hydrogen-bond acceptors (Lipinski definition) is 4. The highest BCUT2D eigenvalue weighted by atomic mass is 35.5. The number of carboxylic acids is 1. The molecule has 0 radical (unpaired) electrons. The number of benzene rings is 2. The molecule has 27 heavy (non-hydrogen) atoms. The Balaban J connectivity index is 1.54. The van der Waals surface area contributed by atoms with E-state index in [1.54, 1.807) is 48.5 Å². The first kappa shape index (κ1) is 18.7. The van der Waals surface area contributed by atoms with Gasteiger partial charge in [-0.3, -0.25) is 14.4 Å². The average molecular weight is 389 g/mol. The lowest BCUT2D eigenvalue weighted by Gasteiger charge is -2.16. The molecule has 1 aliphatic rings. The SMILES string of the molecule is O=C(COc1ccc(N2CC(C(=O)O)CC2=O)cc1)Nc1cccc(Cl)c1. The fourth-order valence-electron chi connectivity index (χ4n) is 2.76. The summed E-state index contributed by atoms with van der Waals surface area (Å²) in [5.74, 6) is -1.76. The van der Waals surface area contributed by atoms with Crippen molar-refractivity contribution in [3.05, 3.63) is 53.6 Å². The van der Waals surface area contributed by atoms with Crippen LogP contribution in [0.25, 0.3) is 0 Å². The highest BCUT2D eigenvalue weighted by Crippen LogP contribution is 2.27. The van der Waals surface area contributed by atoms with Crippen LogP contribution in [0.15, 0.2) is 48.5 Å². The number of hydrogen-bond donors (Lipinski definition) is 2. The molecule has 0 saturated carbocycles. The third-order valence-corrected chi connectivity index (χ3v) is 4.34. The number of anilines is 2. The highest BCUT2D eigenvalue weighted by molar-refractivity contribution is 6.30. The van der Waals surface area contributed by atoms with Crippen molar-refractivity contribution in [2.75, 3.05) is 23.4 Å². The van der Waals surface area contributed by atoms with Gasteiger partial charge in [0.2, 0.25) is 5.91 Å². The third kappa shape index (κ3) is 4.77. The average Bonchev–Trinajstić information content (AvgIpc) is 3.02. The molecule has 2 aromatic rings. The molecule has 0 bridgehead atoms. The van der Waals surface area contributed by atoms with E-state index >= 15 is 0 Å². The molecular weight excluding hydrogens is 372 g/mol. The molecule has 1 fully saturated rings. The van der Waals surface area contributed by atoms with E-state index in [0.29, 0.717) is 22.1 Å². The summed E-state index contributed by atoms with van der Waals surface area (Å²) in [6.45, 7) is -0.0357. The Bertz CT molecular complexity index is 869. The van der Waals surface area contributed by atoms with Gasteiger partial charge in [-0.05, 0) is 42.5 Å². The topological polar surface area (TPSA) is 95.9 Å². The standard InChI is InChI=1S/C19H17ClN2O5/c20-13-2-1-3-14(9-13)21-17(23)11-27-16-6-4-15(5-7-16)22-10-12(19(25)26)8-18(22)24/h1-7,9,12H,8,10-11H2,(H,21,23)(H,25,26). The number of amides is 2. The van der Waals surface area contributed by atoms with Gasteiger partial charge in [0.25, 0.3) is 5.91 Å². The summed E-state index contributed by atoms with van der Waals surface area (Å²) in [4.78, 5) is 36.4. The van der Waals surface area contributed by atoms with Crippen LogP contribution in [-0.2, 0) is 14.4 Å². The summed E-state index contributed by atoms with van der Waals surface area (Å²) >= 11 is 5.86. The molecule has 0 aromatic heterocycles. The van der Waals surface area contributed by atoms with Gasteiger partial charge in [0.05, 0.1) is 5.92 Å². The van der Waals surface area contributed by atoms with Crippen molar-refractivity contribution in [3.8, 4) is 5.75 Å². The van der Waals surface area contributed by atoms with Crippen LogP contribution < -0.4 is 15.0 Å². The number of halogens is 1. The highest BCUT2D eigenvalue weighted by Gasteiger charge is 2.34. The summed E-state index contributed by atoms with van der Waals surface area (Å²) < 4.78 is 5.43. The van der Waals surface area contributed by atoms with Crippen LogP contribution in [-0.4, -0.2) is 36.0 Å². The van der Waals surface area contributed by atoms with Crippen LogP contribution in [0.5, 0.6) is 5.75 Å². The number of rotatable bonds is 6. The van der Waals surface area contributed by atoms with Crippen LogP contribution in [0.4, 0.5) is 11.4 Å². The van der Waals surface area contributed by atoms with Gasteiger partial charge in [0.1, 0.15) is 5.75 Å². The molecule has 2 N–H and O–H groups in total. The minimum absolute atomic E-state index is 0.00272. The van der Waals surface area contributed by atoms with Crippen LogP contribution in [0, 0.1) is 5.92 Å². The number of nitrogens with zero attached hydrogens (tertiary/aromatic N) is 1. The predicted octanol–water partition coefficient (Wildman–Crippen LogP) is 2.80. The number of carbonyl (C=O) groups is 3. The molecule has 2 amide bonds. The molecule has 7 nitrogen and oxygen atoms in total. The zero-order valence-corrected chi connectivity index (χ0v) is 15.0. The van der Waals surface area contributed by atoms with Crippen molar-refractivity contribution in [1.82, 2.24) is 0 Å². The van der Waals surface area contributed by atoms with E-state index in [1.807, 2.05) is 0 Å². The number of nitrogens with one attached hydrogen (secondary N) is 1. The van der Waals surface area contributed by atoms with E-state index in [0.717, 1.165) is 0 Å². The Kier molecular flexibility index (Phi) is 5.61. The Morgan fingerprint density at radius 2 is 1.96 bits per heavy atom. The van der Waals surface area contributed by atoms with E-state index in [9.17, 15) is 14.4 Å². The second-order valence-electron chi connectivity index (χ2n) is 6.08. The lowest BCUT2D eigenvalue weighted by molar-refractivity contribution is -0.141. The van der Waals surface area contributed by atoms with E-state index < -0.39 is 11.9 Å². The second kappa shape index (κ2) is 8.09. The van der Waals surface area contributed by atoms with Crippen LogP contribution in [0.1, 0.15) is 6.42 Å².